The highest BCUT2D eigenvalue weighted by atomic mass is 16.5. The summed E-state index contributed by atoms with van der Waals surface area (Å²) in [6.07, 6.45) is 0.0607. The lowest BCUT2D eigenvalue weighted by Crippen LogP contribution is -2.38. The Morgan fingerprint density at radius 2 is 1.84 bits per heavy atom. The zero-order valence-electron chi connectivity index (χ0n) is 14.9. The Morgan fingerprint density at radius 3 is 2.56 bits per heavy atom. The number of hydrogen-bond donors (Lipinski definition) is 1. The summed E-state index contributed by atoms with van der Waals surface area (Å²) in [5, 5.41) is 10.2. The second-order valence-electron chi connectivity index (χ2n) is 6.37. The average Bonchev–Trinajstić information content (AvgIpc) is 2.93. The summed E-state index contributed by atoms with van der Waals surface area (Å²) in [5.74, 6) is 0.858. The summed E-state index contributed by atoms with van der Waals surface area (Å²) in [5.41, 5.74) is 6.89. The molecular weight excluding hydrogens is 312 g/mol. The Kier molecular flexibility index (Phi) is 3.64. The van der Waals surface area contributed by atoms with Gasteiger partial charge < -0.3 is 15.0 Å². The number of hydrazone groups is 1. The van der Waals surface area contributed by atoms with Crippen LogP contribution in [0.2, 0.25) is 0 Å². The summed E-state index contributed by atoms with van der Waals surface area (Å²) in [6.45, 7) is 2.07. The molecule has 2 heterocycles. The highest BCUT2D eigenvalue weighted by Gasteiger charge is 2.36. The molecule has 1 N–H and O–H groups in total. The molecule has 5 nitrogen and oxygen atoms in total. The predicted octanol–water partition coefficient (Wildman–Crippen LogP) is 3.62. The molecular formula is C20H22N4O. The van der Waals surface area contributed by atoms with Crippen LogP contribution in [0.1, 0.15) is 12.5 Å². The van der Waals surface area contributed by atoms with Gasteiger partial charge in [-0.3, -0.25) is 5.01 Å². The van der Waals surface area contributed by atoms with Gasteiger partial charge >= 0.3 is 0 Å². The fourth-order valence-corrected chi connectivity index (χ4v) is 3.60. The summed E-state index contributed by atoms with van der Waals surface area (Å²) in [4.78, 5) is 2.24. The van der Waals surface area contributed by atoms with Crippen molar-refractivity contribution < 1.29 is 4.74 Å². The van der Waals surface area contributed by atoms with E-state index in [0.29, 0.717) is 0 Å². The maximum absolute atomic E-state index is 5.28. The second-order valence-corrected chi connectivity index (χ2v) is 6.37. The van der Waals surface area contributed by atoms with Crippen molar-refractivity contribution in [1.82, 2.24) is 5.01 Å². The van der Waals surface area contributed by atoms with Gasteiger partial charge in [0.25, 0.3) is 0 Å². The summed E-state index contributed by atoms with van der Waals surface area (Å²) in [6, 6.07) is 16.6. The lowest BCUT2D eigenvalue weighted by atomic mass is 9.94. The van der Waals surface area contributed by atoms with E-state index in [1.807, 2.05) is 24.2 Å². The van der Waals surface area contributed by atoms with Crippen LogP contribution in [0.3, 0.4) is 0 Å². The summed E-state index contributed by atoms with van der Waals surface area (Å²) in [7, 11) is 5.80. The highest BCUT2D eigenvalue weighted by molar-refractivity contribution is 6.11. The summed E-state index contributed by atoms with van der Waals surface area (Å²) < 4.78 is 5.28. The zero-order valence-corrected chi connectivity index (χ0v) is 14.9. The van der Waals surface area contributed by atoms with Crippen molar-refractivity contribution >= 4 is 22.8 Å². The van der Waals surface area contributed by atoms with E-state index in [1.54, 1.807) is 7.11 Å². The molecule has 0 saturated carbocycles. The number of ether oxygens (including phenoxy) is 1. The van der Waals surface area contributed by atoms with E-state index in [4.69, 9.17) is 4.74 Å². The highest BCUT2D eigenvalue weighted by Crippen LogP contribution is 2.40. The van der Waals surface area contributed by atoms with Crippen LogP contribution >= 0.6 is 0 Å². The Morgan fingerprint density at radius 1 is 1.12 bits per heavy atom. The van der Waals surface area contributed by atoms with Crippen molar-refractivity contribution in [2.24, 2.45) is 5.10 Å². The molecule has 0 radical (unpaired) electrons. The molecule has 2 aliphatic rings. The molecule has 1 atom stereocenters. The van der Waals surface area contributed by atoms with Gasteiger partial charge in [0, 0.05) is 36.6 Å². The minimum atomic E-state index is 0.0607. The third-order valence-corrected chi connectivity index (χ3v) is 4.87. The second kappa shape index (κ2) is 5.84. The monoisotopic (exact) mass is 334 g/mol. The SMILES string of the molecule is COc1ccc(N(C)C2=C3C(C)=NN(C)C3Nc3ccccc32)cc1. The average molecular weight is 334 g/mol. The lowest BCUT2D eigenvalue weighted by Gasteiger charge is -2.35. The number of fused-ring (bicyclic) bond motifs is 2. The molecule has 0 aliphatic carbocycles. The quantitative estimate of drug-likeness (QED) is 0.931. The Labute approximate surface area is 148 Å². The smallest absolute Gasteiger partial charge is 0.145 e. The molecule has 0 amide bonds. The van der Waals surface area contributed by atoms with Gasteiger partial charge in [-0.1, -0.05) is 18.2 Å². The predicted molar refractivity (Wildman–Crippen MR) is 103 cm³/mol. The fourth-order valence-electron chi connectivity index (χ4n) is 3.60. The Balaban J connectivity index is 1.87. The molecule has 0 spiro atoms. The van der Waals surface area contributed by atoms with Gasteiger partial charge in [0.1, 0.15) is 11.9 Å². The van der Waals surface area contributed by atoms with E-state index in [1.165, 1.54) is 16.8 Å². The third-order valence-electron chi connectivity index (χ3n) is 4.87. The van der Waals surface area contributed by atoms with Crippen LogP contribution in [0.15, 0.2) is 59.2 Å². The van der Waals surface area contributed by atoms with E-state index in [0.717, 1.165) is 22.8 Å². The molecule has 25 heavy (non-hydrogen) atoms. The summed E-state index contributed by atoms with van der Waals surface area (Å²) >= 11 is 0. The number of hydrogen-bond acceptors (Lipinski definition) is 5. The number of anilines is 2. The van der Waals surface area contributed by atoms with Crippen LogP contribution in [0, 0.1) is 0 Å². The van der Waals surface area contributed by atoms with Crippen molar-refractivity contribution in [2.45, 2.75) is 13.1 Å². The van der Waals surface area contributed by atoms with Crippen LogP contribution in [-0.2, 0) is 0 Å². The van der Waals surface area contributed by atoms with E-state index in [-0.39, 0.29) is 6.17 Å². The van der Waals surface area contributed by atoms with Crippen molar-refractivity contribution in [2.75, 3.05) is 31.4 Å². The molecule has 1 unspecified atom stereocenters. The van der Waals surface area contributed by atoms with Gasteiger partial charge in [-0.25, -0.2) is 0 Å². The molecule has 2 aromatic carbocycles. The minimum absolute atomic E-state index is 0.0607. The zero-order chi connectivity index (χ0) is 17.6. The standard InChI is InChI=1S/C20H22N4O/c1-13-18-19(23(2)14-9-11-15(25-4)12-10-14)16-7-5-6-8-17(16)21-20(18)24(3)22-13/h5-12,20-21H,1-4H3. The molecule has 4 rings (SSSR count). The third kappa shape index (κ3) is 2.43. The normalized spacial score (nSPS) is 18.3. The molecule has 0 saturated heterocycles. The van der Waals surface area contributed by atoms with E-state index >= 15 is 0 Å². The van der Waals surface area contributed by atoms with Crippen molar-refractivity contribution in [3.8, 4) is 5.75 Å². The number of para-hydroxylation sites is 1. The van der Waals surface area contributed by atoms with E-state index in [9.17, 15) is 0 Å². The van der Waals surface area contributed by atoms with E-state index < -0.39 is 0 Å². The molecule has 2 aromatic rings. The first-order valence-electron chi connectivity index (χ1n) is 8.36. The lowest BCUT2D eigenvalue weighted by molar-refractivity contribution is 0.334. The minimum Gasteiger partial charge on any atom is -0.497 e. The fraction of sp³-hybridized carbons (Fsp3) is 0.250. The number of rotatable bonds is 3. The first-order valence-corrected chi connectivity index (χ1v) is 8.36. The van der Waals surface area contributed by atoms with Crippen LogP contribution in [-0.4, -0.2) is 38.1 Å². The topological polar surface area (TPSA) is 40.1 Å². The molecule has 0 fully saturated rings. The number of likely N-dealkylation sites (N-methyl/N-ethyl adjacent to an activating group) is 1. The van der Waals surface area contributed by atoms with Crippen LogP contribution in [0.25, 0.3) is 5.70 Å². The van der Waals surface area contributed by atoms with Gasteiger partial charge in [0.15, 0.2) is 0 Å². The maximum Gasteiger partial charge on any atom is 0.145 e. The molecule has 0 bridgehead atoms. The van der Waals surface area contributed by atoms with Gasteiger partial charge in [0.05, 0.1) is 18.5 Å². The van der Waals surface area contributed by atoms with Crippen LogP contribution < -0.4 is 15.0 Å². The van der Waals surface area contributed by atoms with Crippen LogP contribution in [0.4, 0.5) is 11.4 Å². The van der Waals surface area contributed by atoms with Crippen molar-refractivity contribution in [3.63, 3.8) is 0 Å². The van der Waals surface area contributed by atoms with Gasteiger partial charge in [-0.15, -0.1) is 0 Å². The van der Waals surface area contributed by atoms with Gasteiger partial charge in [-0.2, -0.15) is 5.10 Å². The number of methoxy groups -OCH3 is 1. The number of benzene rings is 2. The molecule has 128 valence electrons. The number of nitrogens with one attached hydrogen (secondary N) is 1. The Bertz CT molecular complexity index is 870. The van der Waals surface area contributed by atoms with Crippen molar-refractivity contribution in [3.05, 3.63) is 59.7 Å². The van der Waals surface area contributed by atoms with Crippen molar-refractivity contribution in [1.29, 1.82) is 0 Å². The molecule has 0 aromatic heterocycles. The first-order chi connectivity index (χ1) is 12.1. The van der Waals surface area contributed by atoms with Gasteiger partial charge in [0.2, 0.25) is 0 Å². The number of nitrogens with zero attached hydrogens (tertiary/aromatic N) is 3. The maximum atomic E-state index is 5.28. The largest absolute Gasteiger partial charge is 0.497 e. The Hall–Kier alpha value is -2.95. The molecule has 2 aliphatic heterocycles. The first kappa shape index (κ1) is 15.6. The van der Waals surface area contributed by atoms with E-state index in [2.05, 4.69) is 65.7 Å². The molecule has 5 heteroatoms. The van der Waals surface area contributed by atoms with Gasteiger partial charge in [-0.05, 0) is 37.3 Å². The van der Waals surface area contributed by atoms with Crippen LogP contribution in [0.5, 0.6) is 5.75 Å².